The van der Waals surface area contributed by atoms with E-state index >= 15 is 0 Å². The lowest BCUT2D eigenvalue weighted by Crippen LogP contribution is -2.47. The van der Waals surface area contributed by atoms with Gasteiger partial charge in [0.05, 0.1) is 0 Å². The Kier molecular flexibility index (Phi) is 10.8. The van der Waals surface area contributed by atoms with Crippen LogP contribution in [0.4, 0.5) is 4.79 Å². The van der Waals surface area contributed by atoms with Crippen molar-refractivity contribution < 1.29 is 19.4 Å². The second kappa shape index (κ2) is 14.0. The third-order valence-corrected chi connectivity index (χ3v) is 5.23. The number of hydrazone groups is 1. The van der Waals surface area contributed by atoms with Crippen LogP contribution in [0.25, 0.3) is 0 Å². The second-order valence-electron chi connectivity index (χ2n) is 8.45. The summed E-state index contributed by atoms with van der Waals surface area (Å²) in [7, 11) is 0. The first kappa shape index (κ1) is 28.6. The molecule has 0 fully saturated rings. The summed E-state index contributed by atoms with van der Waals surface area (Å²) in [6.07, 6.45) is 0.625. The zero-order chi connectivity index (χ0) is 27.4. The second-order valence-corrected chi connectivity index (χ2v) is 8.45. The van der Waals surface area contributed by atoms with Crippen LogP contribution >= 0.6 is 0 Å². The Morgan fingerprint density at radius 2 is 1.51 bits per heavy atom. The van der Waals surface area contributed by atoms with Crippen molar-refractivity contribution in [3.8, 4) is 0 Å². The standard InChI is InChI=1S/C24H32N8O5/c1-15-10-16(2)12-19(11-15)21(33)30-20(4-3-9-27-23(25)31-32(36)37)22(34)28-13-17-5-7-18(8-6-17)14-29-24(26)35/h5-8,10-12,20H,3-4,9,13-14H2,1-2H3,(H,28,34)(H,30,33)(H3,25,27,31)(H3,26,29,35)/t20-/m1/s1. The SMILES string of the molecule is Cc1cc(C)cc(C(=O)N[C@H](CCCNC(N)=N[N+](=O)[O-])C(=O)NCc2ccc(CNC(N)=O)cc2)c1. The molecule has 0 saturated heterocycles. The third kappa shape index (κ3) is 10.6. The van der Waals surface area contributed by atoms with Gasteiger partial charge in [-0.15, -0.1) is 0 Å². The van der Waals surface area contributed by atoms with E-state index in [-0.39, 0.29) is 37.3 Å². The van der Waals surface area contributed by atoms with Crippen LogP contribution in [0, 0.1) is 24.0 Å². The number of hydrogen-bond acceptors (Lipinski definition) is 5. The van der Waals surface area contributed by atoms with Crippen molar-refractivity contribution >= 4 is 23.8 Å². The number of nitro groups is 1. The average molecular weight is 513 g/mol. The molecule has 0 spiro atoms. The maximum Gasteiger partial charge on any atom is 0.312 e. The number of rotatable bonds is 12. The number of primary amides is 1. The first-order valence-corrected chi connectivity index (χ1v) is 11.5. The number of nitrogens with zero attached hydrogens (tertiary/aromatic N) is 2. The summed E-state index contributed by atoms with van der Waals surface area (Å²) < 4.78 is 0. The van der Waals surface area contributed by atoms with Gasteiger partial charge in [-0.25, -0.2) is 14.9 Å². The molecule has 1 atom stereocenters. The number of benzene rings is 2. The van der Waals surface area contributed by atoms with E-state index < -0.39 is 17.1 Å². The predicted molar refractivity (Wildman–Crippen MR) is 138 cm³/mol. The number of hydrogen-bond donors (Lipinski definition) is 6. The molecule has 0 aliphatic carbocycles. The van der Waals surface area contributed by atoms with E-state index in [2.05, 4.69) is 26.4 Å². The summed E-state index contributed by atoms with van der Waals surface area (Å²) in [4.78, 5) is 47.1. The Morgan fingerprint density at radius 3 is 2.05 bits per heavy atom. The van der Waals surface area contributed by atoms with E-state index in [0.29, 0.717) is 18.5 Å². The lowest BCUT2D eigenvalue weighted by Gasteiger charge is -2.19. The number of guanidine groups is 1. The van der Waals surface area contributed by atoms with E-state index in [1.807, 2.05) is 32.0 Å². The summed E-state index contributed by atoms with van der Waals surface area (Å²) in [5, 5.41) is 23.1. The van der Waals surface area contributed by atoms with Gasteiger partial charge in [-0.3, -0.25) is 9.59 Å². The Hall–Kier alpha value is -4.68. The monoisotopic (exact) mass is 512 g/mol. The van der Waals surface area contributed by atoms with Gasteiger partial charge in [-0.05, 0) is 49.9 Å². The fourth-order valence-corrected chi connectivity index (χ4v) is 3.54. The molecule has 0 saturated carbocycles. The van der Waals surface area contributed by atoms with Crippen LogP contribution in [0.2, 0.25) is 0 Å². The van der Waals surface area contributed by atoms with Gasteiger partial charge in [0.25, 0.3) is 11.9 Å². The Morgan fingerprint density at radius 1 is 0.946 bits per heavy atom. The zero-order valence-corrected chi connectivity index (χ0v) is 20.7. The minimum atomic E-state index is -0.913. The van der Waals surface area contributed by atoms with Gasteiger partial charge in [0, 0.05) is 25.2 Å². The zero-order valence-electron chi connectivity index (χ0n) is 20.7. The van der Waals surface area contributed by atoms with E-state index in [4.69, 9.17) is 11.5 Å². The molecule has 0 radical (unpaired) electrons. The first-order valence-electron chi connectivity index (χ1n) is 11.5. The van der Waals surface area contributed by atoms with Gasteiger partial charge in [0.1, 0.15) is 11.1 Å². The number of carbonyl (C=O) groups excluding carboxylic acids is 3. The van der Waals surface area contributed by atoms with Crippen molar-refractivity contribution in [2.75, 3.05) is 6.54 Å². The van der Waals surface area contributed by atoms with Crippen LogP contribution in [0.1, 0.15) is 45.5 Å². The maximum atomic E-state index is 13.0. The van der Waals surface area contributed by atoms with Crippen LogP contribution in [0.15, 0.2) is 47.6 Å². The Bertz CT molecular complexity index is 1130. The van der Waals surface area contributed by atoms with Crippen molar-refractivity contribution in [3.05, 3.63) is 80.4 Å². The molecule has 4 amide bonds. The van der Waals surface area contributed by atoms with Crippen LogP contribution < -0.4 is 32.7 Å². The van der Waals surface area contributed by atoms with Crippen molar-refractivity contribution in [3.63, 3.8) is 0 Å². The molecule has 8 N–H and O–H groups in total. The fraction of sp³-hybridized carbons (Fsp3) is 0.333. The molecule has 0 aliphatic rings. The molecular formula is C24H32N8O5. The molecule has 2 aromatic rings. The van der Waals surface area contributed by atoms with E-state index in [9.17, 15) is 24.5 Å². The van der Waals surface area contributed by atoms with Crippen LogP contribution in [-0.4, -0.2) is 41.4 Å². The smallest absolute Gasteiger partial charge is 0.312 e. The van der Waals surface area contributed by atoms with Crippen LogP contribution in [-0.2, 0) is 17.9 Å². The van der Waals surface area contributed by atoms with Crippen LogP contribution in [0.5, 0.6) is 0 Å². The highest BCUT2D eigenvalue weighted by atomic mass is 16.7. The van der Waals surface area contributed by atoms with Crippen molar-refractivity contribution in [1.29, 1.82) is 0 Å². The van der Waals surface area contributed by atoms with E-state index in [1.165, 1.54) is 0 Å². The van der Waals surface area contributed by atoms with Crippen molar-refractivity contribution in [2.45, 2.75) is 45.8 Å². The van der Waals surface area contributed by atoms with Crippen molar-refractivity contribution in [2.24, 2.45) is 16.6 Å². The third-order valence-electron chi connectivity index (χ3n) is 5.23. The fourth-order valence-electron chi connectivity index (χ4n) is 3.54. The molecule has 0 heterocycles. The van der Waals surface area contributed by atoms with Gasteiger partial charge >= 0.3 is 6.03 Å². The molecule has 0 aromatic heterocycles. The van der Waals surface area contributed by atoms with E-state index in [0.717, 1.165) is 22.3 Å². The minimum Gasteiger partial charge on any atom is -0.365 e. The predicted octanol–water partition coefficient (Wildman–Crippen LogP) is 0.763. The molecule has 0 aliphatic heterocycles. The number of urea groups is 1. The highest BCUT2D eigenvalue weighted by Gasteiger charge is 2.21. The molecule has 13 nitrogen and oxygen atoms in total. The molecule has 198 valence electrons. The average Bonchev–Trinajstić information content (AvgIpc) is 2.82. The number of nitrogens with one attached hydrogen (secondary N) is 4. The molecular weight excluding hydrogens is 480 g/mol. The van der Waals surface area contributed by atoms with Crippen molar-refractivity contribution in [1.82, 2.24) is 21.3 Å². The quantitative estimate of drug-likeness (QED) is 0.0790. The summed E-state index contributed by atoms with van der Waals surface area (Å²) in [6, 6.07) is 11.2. The number of carbonyl (C=O) groups is 3. The Balaban J connectivity index is 2.02. The highest BCUT2D eigenvalue weighted by Crippen LogP contribution is 2.10. The summed E-state index contributed by atoms with van der Waals surface area (Å²) in [6.45, 7) is 4.49. The normalized spacial score (nSPS) is 11.8. The van der Waals surface area contributed by atoms with Gasteiger partial charge in [-0.1, -0.05) is 41.5 Å². The van der Waals surface area contributed by atoms with Gasteiger partial charge in [0.2, 0.25) is 5.91 Å². The molecule has 13 heteroatoms. The van der Waals surface area contributed by atoms with E-state index in [1.54, 1.807) is 24.3 Å². The summed E-state index contributed by atoms with van der Waals surface area (Å²) in [5.41, 5.74) is 14.4. The molecule has 2 rings (SSSR count). The lowest BCUT2D eigenvalue weighted by molar-refractivity contribution is -0.485. The van der Waals surface area contributed by atoms with Gasteiger partial charge in [0.15, 0.2) is 5.03 Å². The number of aryl methyl sites for hydroxylation is 2. The lowest BCUT2D eigenvalue weighted by atomic mass is 10.1. The number of nitrogens with two attached hydrogens (primary N) is 2. The summed E-state index contributed by atoms with van der Waals surface area (Å²) >= 11 is 0. The largest absolute Gasteiger partial charge is 0.365 e. The van der Waals surface area contributed by atoms with Gasteiger partial charge < -0.3 is 32.7 Å². The Labute approximate surface area is 214 Å². The number of amides is 4. The summed E-state index contributed by atoms with van der Waals surface area (Å²) in [5.74, 6) is -1.12. The van der Waals surface area contributed by atoms with Gasteiger partial charge in [-0.2, -0.15) is 0 Å². The molecule has 0 unspecified atom stereocenters. The highest BCUT2D eigenvalue weighted by molar-refractivity contribution is 5.97. The minimum absolute atomic E-state index is 0.215. The van der Waals surface area contributed by atoms with Crippen LogP contribution in [0.3, 0.4) is 0 Å². The molecule has 0 bridgehead atoms. The maximum absolute atomic E-state index is 13.0. The topological polar surface area (TPSA) is 207 Å². The first-order chi connectivity index (χ1) is 17.5. The molecule has 37 heavy (non-hydrogen) atoms. The molecule has 2 aromatic carbocycles.